The largest absolute Gasteiger partial charge is 0.378 e. The van der Waals surface area contributed by atoms with Crippen molar-refractivity contribution >= 4 is 43.2 Å². The van der Waals surface area contributed by atoms with Crippen LogP contribution in [0, 0.1) is 0 Å². The minimum absolute atomic E-state index is 0.0130. The maximum Gasteiger partial charge on any atom is 0.246 e. The lowest BCUT2D eigenvalue weighted by Crippen LogP contribution is -2.27. The monoisotopic (exact) mass is 417 g/mol. The second-order valence-corrected chi connectivity index (χ2v) is 8.55. The Morgan fingerprint density at radius 2 is 1.78 bits per heavy atom. The van der Waals surface area contributed by atoms with E-state index in [9.17, 15) is 8.42 Å². The highest BCUT2D eigenvalue weighted by Crippen LogP contribution is 2.26. The third-order valence-electron chi connectivity index (χ3n) is 3.32. The molecular weight excluding hydrogens is 402 g/mol. The normalized spacial score (nSPS) is 11.7. The maximum atomic E-state index is 12.7. The Labute approximate surface area is 150 Å². The van der Waals surface area contributed by atoms with Crippen molar-refractivity contribution in [2.45, 2.75) is 11.4 Å². The molecule has 0 spiro atoms. The molecule has 5 nitrogen and oxygen atoms in total. The number of benzene rings is 1. The van der Waals surface area contributed by atoms with E-state index in [2.05, 4.69) is 20.9 Å². The highest BCUT2D eigenvalue weighted by Gasteiger charge is 2.24. The number of sulfonamides is 1. The van der Waals surface area contributed by atoms with Crippen LogP contribution in [0.5, 0.6) is 0 Å². The molecule has 124 valence electrons. The van der Waals surface area contributed by atoms with Gasteiger partial charge in [-0.15, -0.1) is 0 Å². The highest BCUT2D eigenvalue weighted by atomic mass is 79.9. The molecule has 1 heterocycles. The van der Waals surface area contributed by atoms with Crippen LogP contribution in [-0.2, 0) is 16.6 Å². The van der Waals surface area contributed by atoms with Crippen molar-refractivity contribution < 1.29 is 8.42 Å². The molecule has 0 N–H and O–H groups in total. The Bertz CT molecular complexity index is 795. The van der Waals surface area contributed by atoms with Crippen molar-refractivity contribution in [1.29, 1.82) is 0 Å². The van der Waals surface area contributed by atoms with Crippen LogP contribution in [0.15, 0.2) is 45.9 Å². The first kappa shape index (κ1) is 18.2. The van der Waals surface area contributed by atoms with Gasteiger partial charge in [-0.3, -0.25) is 0 Å². The summed E-state index contributed by atoms with van der Waals surface area (Å²) in [5.41, 5.74) is 1.94. The first-order valence-electron chi connectivity index (χ1n) is 6.75. The van der Waals surface area contributed by atoms with Crippen LogP contribution in [0.2, 0.25) is 5.15 Å². The molecule has 0 atom stereocenters. The lowest BCUT2D eigenvalue weighted by Gasteiger charge is -2.19. The minimum atomic E-state index is -3.72. The molecule has 1 aromatic heterocycles. The molecule has 0 aliphatic carbocycles. The molecule has 2 rings (SSSR count). The standard InChI is InChI=1S/C15H17BrClN3O2S/c1-19(2)13-6-4-11(5-7-13)10-20(3)23(21,22)14-8-12(16)9-18-15(14)17/h4-9H,10H2,1-3H3. The molecule has 0 amide bonds. The van der Waals surface area contributed by atoms with Crippen molar-refractivity contribution in [1.82, 2.24) is 9.29 Å². The van der Waals surface area contributed by atoms with Gasteiger partial charge in [0.25, 0.3) is 0 Å². The zero-order chi connectivity index (χ0) is 17.2. The van der Waals surface area contributed by atoms with Crippen LogP contribution in [0.3, 0.4) is 0 Å². The first-order chi connectivity index (χ1) is 10.7. The molecule has 0 saturated carbocycles. The Balaban J connectivity index is 2.25. The summed E-state index contributed by atoms with van der Waals surface area (Å²) in [6.45, 7) is 0.249. The second kappa shape index (κ2) is 7.17. The van der Waals surface area contributed by atoms with Crippen LogP contribution in [0.4, 0.5) is 5.69 Å². The van der Waals surface area contributed by atoms with Gasteiger partial charge in [0, 0.05) is 44.0 Å². The summed E-state index contributed by atoms with van der Waals surface area (Å²) in [4.78, 5) is 5.84. The number of nitrogens with zero attached hydrogens (tertiary/aromatic N) is 3. The number of hydrogen-bond donors (Lipinski definition) is 0. The maximum absolute atomic E-state index is 12.7. The van der Waals surface area contributed by atoms with E-state index in [1.807, 2.05) is 43.3 Å². The molecule has 1 aromatic carbocycles. The molecule has 0 fully saturated rings. The third kappa shape index (κ3) is 4.23. The van der Waals surface area contributed by atoms with Gasteiger partial charge in [0.15, 0.2) is 0 Å². The Morgan fingerprint density at radius 3 is 2.35 bits per heavy atom. The Kier molecular flexibility index (Phi) is 5.67. The van der Waals surface area contributed by atoms with Gasteiger partial charge in [0.05, 0.1) is 0 Å². The highest BCUT2D eigenvalue weighted by molar-refractivity contribution is 9.10. The minimum Gasteiger partial charge on any atom is -0.378 e. The number of halogens is 2. The summed E-state index contributed by atoms with van der Waals surface area (Å²) in [6.07, 6.45) is 1.46. The predicted octanol–water partition coefficient (Wildman–Crippen LogP) is 3.38. The summed E-state index contributed by atoms with van der Waals surface area (Å²) >= 11 is 9.16. The lowest BCUT2D eigenvalue weighted by atomic mass is 10.2. The van der Waals surface area contributed by atoms with Crippen molar-refractivity contribution in [3.05, 3.63) is 51.7 Å². The molecule has 0 radical (unpaired) electrons. The molecule has 0 unspecified atom stereocenters. The van der Waals surface area contributed by atoms with Gasteiger partial charge in [-0.25, -0.2) is 13.4 Å². The Hall–Kier alpha value is -1.15. The number of rotatable bonds is 5. The summed E-state index contributed by atoms with van der Waals surface area (Å²) in [7, 11) is 1.71. The van der Waals surface area contributed by atoms with Gasteiger partial charge < -0.3 is 4.90 Å². The van der Waals surface area contributed by atoms with E-state index in [0.717, 1.165) is 11.3 Å². The number of anilines is 1. The van der Waals surface area contributed by atoms with E-state index in [4.69, 9.17) is 11.6 Å². The molecule has 8 heteroatoms. The van der Waals surface area contributed by atoms with E-state index in [0.29, 0.717) is 4.47 Å². The number of aromatic nitrogens is 1. The van der Waals surface area contributed by atoms with Crippen LogP contribution in [0.1, 0.15) is 5.56 Å². The summed E-state index contributed by atoms with van der Waals surface area (Å²) in [6, 6.07) is 9.16. The fourth-order valence-electron chi connectivity index (χ4n) is 1.99. The van der Waals surface area contributed by atoms with Crippen LogP contribution in [0.25, 0.3) is 0 Å². The van der Waals surface area contributed by atoms with Gasteiger partial charge in [-0.05, 0) is 39.7 Å². The molecular formula is C15H17BrClN3O2S. The van der Waals surface area contributed by atoms with Gasteiger partial charge in [-0.2, -0.15) is 4.31 Å². The first-order valence-corrected chi connectivity index (χ1v) is 9.36. The fraction of sp³-hybridized carbons (Fsp3) is 0.267. The fourth-order valence-corrected chi connectivity index (χ4v) is 4.07. The summed E-state index contributed by atoms with van der Waals surface area (Å²) in [5.74, 6) is 0. The van der Waals surface area contributed by atoms with Crippen molar-refractivity contribution in [2.24, 2.45) is 0 Å². The van der Waals surface area contributed by atoms with E-state index < -0.39 is 10.0 Å². The van der Waals surface area contributed by atoms with Crippen LogP contribution >= 0.6 is 27.5 Å². The molecule has 2 aromatic rings. The van der Waals surface area contributed by atoms with E-state index in [-0.39, 0.29) is 16.6 Å². The summed E-state index contributed by atoms with van der Waals surface area (Å²) in [5, 5.41) is -0.0389. The van der Waals surface area contributed by atoms with Gasteiger partial charge >= 0.3 is 0 Å². The van der Waals surface area contributed by atoms with Crippen molar-refractivity contribution in [3.63, 3.8) is 0 Å². The third-order valence-corrected chi connectivity index (χ3v) is 5.98. The van der Waals surface area contributed by atoms with E-state index in [1.165, 1.54) is 23.6 Å². The van der Waals surface area contributed by atoms with Crippen LogP contribution < -0.4 is 4.90 Å². The zero-order valence-corrected chi connectivity index (χ0v) is 16.2. The average Bonchev–Trinajstić information content (AvgIpc) is 2.50. The van der Waals surface area contributed by atoms with Gasteiger partial charge in [-0.1, -0.05) is 23.7 Å². The lowest BCUT2D eigenvalue weighted by molar-refractivity contribution is 0.466. The Morgan fingerprint density at radius 1 is 1.17 bits per heavy atom. The molecule has 0 aliphatic rings. The SMILES string of the molecule is CN(C)c1ccc(CN(C)S(=O)(=O)c2cc(Br)cnc2Cl)cc1. The molecule has 0 saturated heterocycles. The van der Waals surface area contributed by atoms with Crippen LogP contribution in [-0.4, -0.2) is 38.9 Å². The molecule has 0 aliphatic heterocycles. The van der Waals surface area contributed by atoms with Crippen molar-refractivity contribution in [3.8, 4) is 0 Å². The quantitative estimate of drug-likeness (QED) is 0.699. The van der Waals surface area contributed by atoms with E-state index in [1.54, 1.807) is 0 Å². The van der Waals surface area contributed by atoms with Gasteiger partial charge in [0.2, 0.25) is 10.0 Å². The smallest absolute Gasteiger partial charge is 0.246 e. The second-order valence-electron chi connectivity index (χ2n) is 5.26. The number of hydrogen-bond acceptors (Lipinski definition) is 4. The topological polar surface area (TPSA) is 53.5 Å². The van der Waals surface area contributed by atoms with Crippen molar-refractivity contribution in [2.75, 3.05) is 26.0 Å². The van der Waals surface area contributed by atoms with E-state index >= 15 is 0 Å². The molecule has 23 heavy (non-hydrogen) atoms. The predicted molar refractivity (Wildman–Crippen MR) is 96.4 cm³/mol. The summed E-state index contributed by atoms with van der Waals surface area (Å²) < 4.78 is 27.1. The van der Waals surface area contributed by atoms with Gasteiger partial charge in [0.1, 0.15) is 10.0 Å². The molecule has 0 bridgehead atoms. The average molecular weight is 419 g/mol. The zero-order valence-electron chi connectivity index (χ0n) is 13.0. The number of pyridine rings is 1.